The normalized spacial score (nSPS) is 10.9. The van der Waals surface area contributed by atoms with Crippen molar-refractivity contribution in [3.8, 4) is 28.4 Å². The molecule has 0 aliphatic rings. The predicted molar refractivity (Wildman–Crippen MR) is 136 cm³/mol. The molecule has 0 amide bonds. The third kappa shape index (κ3) is 4.71. The van der Waals surface area contributed by atoms with Gasteiger partial charge in [0, 0.05) is 16.8 Å². The molecule has 0 atom stereocenters. The zero-order valence-corrected chi connectivity index (χ0v) is 20.4. The zero-order chi connectivity index (χ0) is 25.1. The van der Waals surface area contributed by atoms with E-state index in [0.717, 1.165) is 16.8 Å². The number of halogens is 1. The average molecular weight is 500 g/mol. The molecule has 5 rings (SSSR count). The van der Waals surface area contributed by atoms with Crippen molar-refractivity contribution in [1.82, 2.24) is 24.8 Å². The summed E-state index contributed by atoms with van der Waals surface area (Å²) in [5, 5.41) is 13.6. The van der Waals surface area contributed by atoms with E-state index >= 15 is 0 Å². The van der Waals surface area contributed by atoms with Crippen LogP contribution >= 0.6 is 11.6 Å². The van der Waals surface area contributed by atoms with Crippen LogP contribution in [0.25, 0.3) is 16.9 Å². The lowest BCUT2D eigenvalue weighted by Gasteiger charge is -2.09. The highest BCUT2D eigenvalue weighted by Gasteiger charge is 2.22. The molecular formula is C27H22ClN5O3. The van der Waals surface area contributed by atoms with Crippen LogP contribution in [0.4, 0.5) is 0 Å². The smallest absolute Gasteiger partial charge is 0.218 e. The van der Waals surface area contributed by atoms with Gasteiger partial charge >= 0.3 is 0 Å². The van der Waals surface area contributed by atoms with Gasteiger partial charge in [-0.2, -0.15) is 5.10 Å². The topological polar surface area (TPSA) is 84.1 Å². The molecule has 0 aliphatic heterocycles. The minimum absolute atomic E-state index is 0.221. The van der Waals surface area contributed by atoms with Gasteiger partial charge in [-0.1, -0.05) is 53.2 Å². The van der Waals surface area contributed by atoms with Crippen molar-refractivity contribution in [1.29, 1.82) is 0 Å². The molecule has 0 aliphatic carbocycles. The molecule has 8 nitrogen and oxygen atoms in total. The molecule has 9 heteroatoms. The molecule has 0 radical (unpaired) electrons. The maximum absolute atomic E-state index is 13.6. The number of carbonyl (C=O) groups is 1. The second-order valence-electron chi connectivity index (χ2n) is 8.00. The van der Waals surface area contributed by atoms with Crippen molar-refractivity contribution >= 4 is 17.4 Å². The molecule has 3 aromatic carbocycles. The lowest BCUT2D eigenvalue weighted by atomic mass is 10.0. The van der Waals surface area contributed by atoms with Crippen LogP contribution < -0.4 is 9.47 Å². The number of nitrogens with zero attached hydrogens (tertiary/aromatic N) is 5. The Morgan fingerprint density at radius 2 is 1.67 bits per heavy atom. The van der Waals surface area contributed by atoms with Crippen LogP contribution in [0, 0.1) is 0 Å². The van der Waals surface area contributed by atoms with E-state index in [0.29, 0.717) is 34.3 Å². The van der Waals surface area contributed by atoms with Gasteiger partial charge in [-0.05, 0) is 42.0 Å². The monoisotopic (exact) mass is 499 g/mol. The molecule has 180 valence electrons. The average Bonchev–Trinajstić information content (AvgIpc) is 3.57. The van der Waals surface area contributed by atoms with Crippen LogP contribution in [-0.2, 0) is 6.54 Å². The van der Waals surface area contributed by atoms with Gasteiger partial charge in [0.25, 0.3) is 0 Å². The Labute approximate surface area is 212 Å². The van der Waals surface area contributed by atoms with Gasteiger partial charge in [0.05, 0.1) is 38.2 Å². The Morgan fingerprint density at radius 3 is 2.39 bits per heavy atom. The number of para-hydroxylation sites is 1. The fourth-order valence-corrected chi connectivity index (χ4v) is 3.98. The van der Waals surface area contributed by atoms with Gasteiger partial charge in [0.2, 0.25) is 5.78 Å². The largest absolute Gasteiger partial charge is 0.493 e. The summed E-state index contributed by atoms with van der Waals surface area (Å²) in [5.41, 5.74) is 3.71. The van der Waals surface area contributed by atoms with Gasteiger partial charge in [-0.15, -0.1) is 5.10 Å². The van der Waals surface area contributed by atoms with Crippen LogP contribution in [0.3, 0.4) is 0 Å². The number of methoxy groups -OCH3 is 2. The van der Waals surface area contributed by atoms with Gasteiger partial charge in [-0.3, -0.25) is 4.79 Å². The van der Waals surface area contributed by atoms with Crippen LogP contribution in [0.5, 0.6) is 11.5 Å². The van der Waals surface area contributed by atoms with Crippen LogP contribution in [0.2, 0.25) is 5.02 Å². The highest BCUT2D eigenvalue weighted by atomic mass is 35.5. The highest BCUT2D eigenvalue weighted by Crippen LogP contribution is 2.29. The summed E-state index contributed by atoms with van der Waals surface area (Å²) >= 11 is 6.08. The van der Waals surface area contributed by atoms with Crippen molar-refractivity contribution < 1.29 is 14.3 Å². The maximum atomic E-state index is 13.6. The number of ether oxygens (including phenoxy) is 2. The molecule has 2 heterocycles. The fourth-order valence-electron chi connectivity index (χ4n) is 3.86. The van der Waals surface area contributed by atoms with Crippen molar-refractivity contribution in [3.63, 3.8) is 0 Å². The SMILES string of the molecule is COc1ccc(Cn2cc(C(=O)c3cn(-c4ccccc4)nc3-c3ccc(Cl)cc3)nn2)cc1OC. The van der Waals surface area contributed by atoms with Gasteiger partial charge in [-0.25, -0.2) is 9.36 Å². The summed E-state index contributed by atoms with van der Waals surface area (Å²) in [6, 6.07) is 22.4. The quantitative estimate of drug-likeness (QED) is 0.277. The van der Waals surface area contributed by atoms with E-state index in [9.17, 15) is 4.79 Å². The molecule has 0 saturated carbocycles. The summed E-state index contributed by atoms with van der Waals surface area (Å²) in [4.78, 5) is 13.6. The highest BCUT2D eigenvalue weighted by molar-refractivity contribution is 6.30. The van der Waals surface area contributed by atoms with Crippen LogP contribution in [0.1, 0.15) is 21.6 Å². The molecule has 36 heavy (non-hydrogen) atoms. The molecular weight excluding hydrogens is 478 g/mol. The number of benzene rings is 3. The Morgan fingerprint density at radius 1 is 0.917 bits per heavy atom. The molecule has 0 fully saturated rings. The number of rotatable bonds is 8. The summed E-state index contributed by atoms with van der Waals surface area (Å²) in [6.45, 7) is 0.411. The lowest BCUT2D eigenvalue weighted by Crippen LogP contribution is -2.03. The third-order valence-corrected chi connectivity index (χ3v) is 5.91. The van der Waals surface area contributed by atoms with Gasteiger partial charge < -0.3 is 9.47 Å². The predicted octanol–water partition coefficient (Wildman–Crippen LogP) is 5.08. The number of carbonyl (C=O) groups excluding carboxylic acids is 1. The Hall–Kier alpha value is -4.43. The maximum Gasteiger partial charge on any atom is 0.218 e. The lowest BCUT2D eigenvalue weighted by molar-refractivity contribution is 0.103. The Kier molecular flexibility index (Phi) is 6.51. The Balaban J connectivity index is 1.47. The summed E-state index contributed by atoms with van der Waals surface area (Å²) in [7, 11) is 3.17. The standard InChI is InChI=1S/C27H22ClN5O3/c1-35-24-13-8-18(14-25(24)36-2)15-32-17-23(29-31-32)27(34)22-16-33(21-6-4-3-5-7-21)30-26(22)19-9-11-20(28)12-10-19/h3-14,16-17H,15H2,1-2H3. The van der Waals surface area contributed by atoms with Crippen molar-refractivity contribution in [3.05, 3.63) is 107 Å². The first-order valence-corrected chi connectivity index (χ1v) is 11.5. The van der Waals surface area contributed by atoms with E-state index in [-0.39, 0.29) is 11.5 Å². The Bertz CT molecular complexity index is 1510. The molecule has 2 aromatic heterocycles. The number of hydrogen-bond donors (Lipinski definition) is 0. The summed E-state index contributed by atoms with van der Waals surface area (Å²) in [5.74, 6) is 0.980. The molecule has 0 spiro atoms. The number of hydrogen-bond acceptors (Lipinski definition) is 6. The van der Waals surface area contributed by atoms with Crippen molar-refractivity contribution in [2.24, 2.45) is 0 Å². The van der Waals surface area contributed by atoms with Crippen molar-refractivity contribution in [2.75, 3.05) is 14.2 Å². The third-order valence-electron chi connectivity index (χ3n) is 5.66. The van der Waals surface area contributed by atoms with Gasteiger partial charge in [0.15, 0.2) is 17.2 Å². The van der Waals surface area contributed by atoms with E-state index in [2.05, 4.69) is 10.3 Å². The van der Waals surface area contributed by atoms with Crippen LogP contribution in [0.15, 0.2) is 85.2 Å². The molecule has 5 aromatic rings. The molecule has 0 saturated heterocycles. The minimum Gasteiger partial charge on any atom is -0.493 e. The van der Waals surface area contributed by atoms with E-state index in [1.54, 1.807) is 48.1 Å². The minimum atomic E-state index is -0.277. The molecule has 0 bridgehead atoms. The first-order chi connectivity index (χ1) is 17.6. The number of ketones is 1. The van der Waals surface area contributed by atoms with Gasteiger partial charge in [0.1, 0.15) is 5.69 Å². The number of aromatic nitrogens is 5. The van der Waals surface area contributed by atoms with E-state index < -0.39 is 0 Å². The fraction of sp³-hybridized carbons (Fsp3) is 0.111. The van der Waals surface area contributed by atoms with E-state index in [1.807, 2.05) is 60.7 Å². The van der Waals surface area contributed by atoms with E-state index in [4.69, 9.17) is 26.2 Å². The van der Waals surface area contributed by atoms with E-state index in [1.165, 1.54) is 0 Å². The summed E-state index contributed by atoms with van der Waals surface area (Å²) < 4.78 is 14.0. The van der Waals surface area contributed by atoms with Crippen molar-refractivity contribution in [2.45, 2.75) is 6.54 Å². The summed E-state index contributed by atoms with van der Waals surface area (Å²) in [6.07, 6.45) is 3.35. The zero-order valence-electron chi connectivity index (χ0n) is 19.6. The molecule has 0 unspecified atom stereocenters. The molecule has 0 N–H and O–H groups in total. The first-order valence-electron chi connectivity index (χ1n) is 11.1. The first kappa shape index (κ1) is 23.3. The second kappa shape index (κ2) is 10.1. The second-order valence-corrected chi connectivity index (χ2v) is 8.43. The van der Waals surface area contributed by atoms with Crippen LogP contribution in [-0.4, -0.2) is 44.8 Å².